The fourth-order valence-electron chi connectivity index (χ4n) is 1.86. The number of ether oxygens (including phenoxy) is 2. The molecular weight excluding hydrogens is 256 g/mol. The highest BCUT2D eigenvalue weighted by Gasteiger charge is 2.21. The van der Waals surface area contributed by atoms with Crippen LogP contribution < -0.4 is 14.8 Å². The summed E-state index contributed by atoms with van der Waals surface area (Å²) in [6, 6.07) is 7.91. The lowest BCUT2D eigenvalue weighted by atomic mass is 10.2. The summed E-state index contributed by atoms with van der Waals surface area (Å²) in [5, 5.41) is 2.88. The van der Waals surface area contributed by atoms with Crippen LogP contribution in [0.1, 0.15) is 13.8 Å². The molecule has 2 rings (SSSR count). The van der Waals surface area contributed by atoms with Gasteiger partial charge in [0.05, 0.1) is 13.1 Å². The number of fused-ring (bicyclic) bond motifs is 1. The predicted octanol–water partition coefficient (Wildman–Crippen LogP) is 1.28. The Labute approximate surface area is 119 Å². The van der Waals surface area contributed by atoms with Crippen molar-refractivity contribution < 1.29 is 14.3 Å². The van der Waals surface area contributed by atoms with E-state index in [4.69, 9.17) is 9.47 Å². The van der Waals surface area contributed by atoms with Gasteiger partial charge in [-0.15, -0.1) is 0 Å². The van der Waals surface area contributed by atoms with Gasteiger partial charge < -0.3 is 14.8 Å². The molecule has 20 heavy (non-hydrogen) atoms. The van der Waals surface area contributed by atoms with Gasteiger partial charge in [0.1, 0.15) is 12.7 Å². The summed E-state index contributed by atoms with van der Waals surface area (Å²) in [4.78, 5) is 13.8. The van der Waals surface area contributed by atoms with Crippen LogP contribution >= 0.6 is 0 Å². The van der Waals surface area contributed by atoms with Gasteiger partial charge in [-0.2, -0.15) is 0 Å². The highest BCUT2D eigenvalue weighted by molar-refractivity contribution is 5.78. The molecule has 1 unspecified atom stereocenters. The number of hydrogen-bond donors (Lipinski definition) is 1. The fourth-order valence-corrected chi connectivity index (χ4v) is 1.86. The number of likely N-dealkylation sites (N-methyl/N-ethyl adjacent to an activating group) is 1. The lowest BCUT2D eigenvalue weighted by molar-refractivity contribution is -0.122. The van der Waals surface area contributed by atoms with Crippen LogP contribution in [0, 0.1) is 0 Å². The van der Waals surface area contributed by atoms with Gasteiger partial charge in [-0.25, -0.2) is 0 Å². The minimum atomic E-state index is -0.141. The van der Waals surface area contributed by atoms with Crippen LogP contribution in [0.25, 0.3) is 0 Å². The van der Waals surface area contributed by atoms with Crippen molar-refractivity contribution in [3.63, 3.8) is 0 Å². The summed E-state index contributed by atoms with van der Waals surface area (Å²) in [6.45, 7) is 5.42. The molecule has 1 aromatic rings. The maximum absolute atomic E-state index is 11.8. The predicted molar refractivity (Wildman–Crippen MR) is 77.1 cm³/mol. The molecule has 1 aromatic carbocycles. The van der Waals surface area contributed by atoms with Crippen LogP contribution in [-0.2, 0) is 4.79 Å². The number of carbonyl (C=O) groups excluding carboxylic acids is 1. The number of carbonyl (C=O) groups is 1. The molecule has 5 heteroatoms. The Balaban J connectivity index is 1.77. The van der Waals surface area contributed by atoms with E-state index in [0.717, 1.165) is 11.5 Å². The zero-order valence-corrected chi connectivity index (χ0v) is 12.3. The third-order valence-electron chi connectivity index (χ3n) is 3.37. The molecule has 0 spiro atoms. The Hall–Kier alpha value is -1.75. The minimum Gasteiger partial charge on any atom is -0.486 e. The first-order valence-electron chi connectivity index (χ1n) is 6.91. The minimum absolute atomic E-state index is 0.00339. The van der Waals surface area contributed by atoms with E-state index in [9.17, 15) is 4.79 Å². The number of rotatable bonds is 5. The Bertz CT molecular complexity index is 462. The molecule has 0 saturated heterocycles. The van der Waals surface area contributed by atoms with E-state index < -0.39 is 0 Å². The molecule has 1 atom stereocenters. The van der Waals surface area contributed by atoms with E-state index in [1.165, 1.54) is 0 Å². The summed E-state index contributed by atoms with van der Waals surface area (Å²) in [6.07, 6.45) is -0.141. The van der Waals surface area contributed by atoms with Gasteiger partial charge in [0, 0.05) is 6.04 Å². The quantitative estimate of drug-likeness (QED) is 0.881. The first-order valence-corrected chi connectivity index (χ1v) is 6.91. The van der Waals surface area contributed by atoms with Crippen LogP contribution in [0.15, 0.2) is 24.3 Å². The second kappa shape index (κ2) is 6.61. The number of para-hydroxylation sites is 2. The SMILES string of the molecule is CC(C)N(C)CC(=O)NCC1COc2ccccc2O1. The highest BCUT2D eigenvalue weighted by atomic mass is 16.6. The molecule has 1 N–H and O–H groups in total. The molecule has 110 valence electrons. The molecule has 0 aliphatic carbocycles. The summed E-state index contributed by atoms with van der Waals surface area (Å²) in [5.74, 6) is 1.50. The third kappa shape index (κ3) is 3.87. The molecule has 0 bridgehead atoms. The molecule has 1 heterocycles. The zero-order chi connectivity index (χ0) is 14.5. The Morgan fingerprint density at radius 2 is 2.10 bits per heavy atom. The normalized spacial score (nSPS) is 17.4. The molecule has 5 nitrogen and oxygen atoms in total. The monoisotopic (exact) mass is 278 g/mol. The average molecular weight is 278 g/mol. The van der Waals surface area contributed by atoms with Crippen LogP contribution in [0.4, 0.5) is 0 Å². The van der Waals surface area contributed by atoms with Gasteiger partial charge in [-0.3, -0.25) is 9.69 Å². The van der Waals surface area contributed by atoms with Gasteiger partial charge in [-0.1, -0.05) is 12.1 Å². The standard InChI is InChI=1S/C15H22N2O3/c1-11(2)17(3)9-15(18)16-8-12-10-19-13-6-4-5-7-14(13)20-12/h4-7,11-12H,8-10H2,1-3H3,(H,16,18). The summed E-state index contributed by atoms with van der Waals surface area (Å²) in [5.41, 5.74) is 0. The Morgan fingerprint density at radius 3 is 2.80 bits per heavy atom. The first-order chi connectivity index (χ1) is 9.56. The number of nitrogens with one attached hydrogen (secondary N) is 1. The van der Waals surface area contributed by atoms with Gasteiger partial charge in [0.15, 0.2) is 11.5 Å². The van der Waals surface area contributed by atoms with Crippen molar-refractivity contribution in [1.82, 2.24) is 10.2 Å². The third-order valence-corrected chi connectivity index (χ3v) is 3.37. The van der Waals surface area contributed by atoms with E-state index in [0.29, 0.717) is 25.7 Å². The van der Waals surface area contributed by atoms with Gasteiger partial charge >= 0.3 is 0 Å². The second-order valence-electron chi connectivity index (χ2n) is 5.31. The molecule has 0 aromatic heterocycles. The van der Waals surface area contributed by atoms with Crippen LogP contribution in [0.3, 0.4) is 0 Å². The van der Waals surface area contributed by atoms with Gasteiger partial charge in [0.2, 0.25) is 5.91 Å². The van der Waals surface area contributed by atoms with Crippen molar-refractivity contribution in [1.29, 1.82) is 0 Å². The van der Waals surface area contributed by atoms with Gasteiger partial charge in [-0.05, 0) is 33.0 Å². The number of nitrogens with zero attached hydrogens (tertiary/aromatic N) is 1. The molecule has 0 fully saturated rings. The van der Waals surface area contributed by atoms with E-state index >= 15 is 0 Å². The van der Waals surface area contributed by atoms with Crippen LogP contribution in [0.2, 0.25) is 0 Å². The van der Waals surface area contributed by atoms with Crippen molar-refractivity contribution in [3.8, 4) is 11.5 Å². The van der Waals surface area contributed by atoms with Crippen LogP contribution in [0.5, 0.6) is 11.5 Å². The first kappa shape index (κ1) is 14.7. The molecular formula is C15H22N2O3. The van der Waals surface area contributed by atoms with Crippen molar-refractivity contribution in [2.75, 3.05) is 26.7 Å². The molecule has 1 aliphatic heterocycles. The molecule has 1 amide bonds. The number of amides is 1. The maximum Gasteiger partial charge on any atom is 0.234 e. The topological polar surface area (TPSA) is 50.8 Å². The maximum atomic E-state index is 11.8. The summed E-state index contributed by atoms with van der Waals surface area (Å²) >= 11 is 0. The van der Waals surface area contributed by atoms with Crippen molar-refractivity contribution in [2.45, 2.75) is 26.0 Å². The number of hydrogen-bond acceptors (Lipinski definition) is 4. The van der Waals surface area contributed by atoms with Crippen molar-refractivity contribution >= 4 is 5.91 Å². The smallest absolute Gasteiger partial charge is 0.234 e. The van der Waals surface area contributed by atoms with E-state index in [1.807, 2.05) is 36.2 Å². The Kier molecular flexibility index (Phi) is 4.84. The fraction of sp³-hybridized carbons (Fsp3) is 0.533. The second-order valence-corrected chi connectivity index (χ2v) is 5.31. The lowest BCUT2D eigenvalue weighted by Gasteiger charge is -2.27. The van der Waals surface area contributed by atoms with Gasteiger partial charge in [0.25, 0.3) is 0 Å². The van der Waals surface area contributed by atoms with E-state index in [2.05, 4.69) is 19.2 Å². The molecule has 0 radical (unpaired) electrons. The summed E-state index contributed by atoms with van der Waals surface area (Å²) < 4.78 is 11.4. The number of benzene rings is 1. The average Bonchev–Trinajstić information content (AvgIpc) is 2.44. The van der Waals surface area contributed by atoms with Crippen molar-refractivity contribution in [3.05, 3.63) is 24.3 Å². The summed E-state index contributed by atoms with van der Waals surface area (Å²) in [7, 11) is 1.93. The lowest BCUT2D eigenvalue weighted by Crippen LogP contribution is -2.44. The largest absolute Gasteiger partial charge is 0.486 e. The highest BCUT2D eigenvalue weighted by Crippen LogP contribution is 2.30. The van der Waals surface area contributed by atoms with Crippen molar-refractivity contribution in [2.24, 2.45) is 0 Å². The molecule has 1 aliphatic rings. The van der Waals surface area contributed by atoms with E-state index in [-0.39, 0.29) is 12.0 Å². The Morgan fingerprint density at radius 1 is 1.40 bits per heavy atom. The van der Waals surface area contributed by atoms with Crippen LogP contribution in [-0.4, -0.2) is 49.7 Å². The van der Waals surface area contributed by atoms with E-state index in [1.54, 1.807) is 0 Å². The molecule has 0 saturated carbocycles. The zero-order valence-electron chi connectivity index (χ0n) is 12.3.